The van der Waals surface area contributed by atoms with Gasteiger partial charge < -0.3 is 10.2 Å². The molecule has 1 aliphatic rings. The van der Waals surface area contributed by atoms with E-state index in [4.69, 9.17) is 4.98 Å². The minimum Gasteiger partial charge on any atom is -0.383 e. The molecule has 32 heavy (non-hydrogen) atoms. The van der Waals surface area contributed by atoms with Gasteiger partial charge in [0, 0.05) is 50.7 Å². The third kappa shape index (κ3) is 5.37. The molecule has 168 valence electrons. The lowest BCUT2D eigenvalue weighted by atomic mass is 9.82. The number of hydrogen-bond donors (Lipinski definition) is 1. The fourth-order valence-electron chi connectivity index (χ4n) is 4.26. The molecule has 1 heterocycles. The van der Waals surface area contributed by atoms with Crippen LogP contribution in [0.25, 0.3) is 22.4 Å². The highest BCUT2D eigenvalue weighted by molar-refractivity contribution is 6.11. The topological polar surface area (TPSA) is 40.5 Å². The molecule has 1 fully saturated rings. The van der Waals surface area contributed by atoms with Gasteiger partial charge in [0.05, 0.1) is 5.69 Å². The van der Waals surface area contributed by atoms with Crippen LogP contribution in [0.5, 0.6) is 0 Å². The zero-order valence-electron chi connectivity index (χ0n) is 20.3. The van der Waals surface area contributed by atoms with E-state index in [9.17, 15) is 0 Å². The lowest BCUT2D eigenvalue weighted by Gasteiger charge is -2.34. The SMILES string of the molecule is C=C/C(=C\N(C)C)c1cccc(-c2nc(NC3CC(C)C3)c(/C(C=NC)=C/C)cc2C)c1. The number of hydrogen-bond acceptors (Lipinski definition) is 4. The van der Waals surface area contributed by atoms with Crippen LogP contribution in [-0.2, 0) is 0 Å². The molecule has 0 unspecified atom stereocenters. The number of allylic oxidation sites excluding steroid dienone is 4. The van der Waals surface area contributed by atoms with Crippen LogP contribution < -0.4 is 5.32 Å². The number of benzene rings is 1. The highest BCUT2D eigenvalue weighted by atomic mass is 15.0. The first-order valence-corrected chi connectivity index (χ1v) is 11.3. The van der Waals surface area contributed by atoms with Crippen LogP contribution in [0, 0.1) is 12.8 Å². The molecule has 0 bridgehead atoms. The van der Waals surface area contributed by atoms with Gasteiger partial charge in [-0.25, -0.2) is 4.98 Å². The molecular formula is C28H36N4. The molecule has 2 aromatic rings. The van der Waals surface area contributed by atoms with Gasteiger partial charge in [0.25, 0.3) is 0 Å². The summed E-state index contributed by atoms with van der Waals surface area (Å²) in [5.41, 5.74) is 7.66. The standard InChI is InChI=1S/C28H36N4/c1-8-21(17-29-5)26-15-20(4)27(31-28(26)30-25-13-19(3)14-25)24-12-10-11-23(16-24)22(9-2)18-32(6)7/h8-12,15-19,25H,2,13-14H2,1,3-7H3,(H,30,31)/b21-8+,22-18+,29-17?. The van der Waals surface area contributed by atoms with Crippen LogP contribution in [0.4, 0.5) is 5.82 Å². The summed E-state index contributed by atoms with van der Waals surface area (Å²) in [5.74, 6) is 1.71. The number of anilines is 1. The van der Waals surface area contributed by atoms with Crippen LogP contribution in [-0.4, -0.2) is 43.3 Å². The highest BCUT2D eigenvalue weighted by Gasteiger charge is 2.26. The normalized spacial score (nSPS) is 19.1. The zero-order valence-corrected chi connectivity index (χ0v) is 20.3. The van der Waals surface area contributed by atoms with Gasteiger partial charge in [-0.3, -0.25) is 4.99 Å². The van der Waals surface area contributed by atoms with Crippen LogP contribution in [0.3, 0.4) is 0 Å². The van der Waals surface area contributed by atoms with E-state index >= 15 is 0 Å². The smallest absolute Gasteiger partial charge is 0.134 e. The maximum Gasteiger partial charge on any atom is 0.134 e. The van der Waals surface area contributed by atoms with Crippen LogP contribution in [0.15, 0.2) is 60.3 Å². The van der Waals surface area contributed by atoms with Gasteiger partial charge in [-0.05, 0) is 67.0 Å². The Bertz CT molecular complexity index is 1050. The Balaban J connectivity index is 2.09. The number of pyridine rings is 1. The quantitative estimate of drug-likeness (QED) is 0.387. The first kappa shape index (κ1) is 23.5. The summed E-state index contributed by atoms with van der Waals surface area (Å²) >= 11 is 0. The molecule has 4 heteroatoms. The summed E-state index contributed by atoms with van der Waals surface area (Å²) in [6.45, 7) is 10.5. The minimum absolute atomic E-state index is 0.477. The van der Waals surface area contributed by atoms with E-state index in [0.29, 0.717) is 6.04 Å². The summed E-state index contributed by atoms with van der Waals surface area (Å²) < 4.78 is 0. The number of aryl methyl sites for hydroxylation is 1. The third-order valence-corrected chi connectivity index (χ3v) is 5.90. The molecule has 1 saturated carbocycles. The lowest BCUT2D eigenvalue weighted by molar-refractivity contribution is 0.308. The van der Waals surface area contributed by atoms with Crippen molar-refractivity contribution in [1.82, 2.24) is 9.88 Å². The fourth-order valence-corrected chi connectivity index (χ4v) is 4.26. The molecular weight excluding hydrogens is 392 g/mol. The number of nitrogens with zero attached hydrogens (tertiary/aromatic N) is 3. The van der Waals surface area contributed by atoms with Crippen LogP contribution >= 0.6 is 0 Å². The molecule has 0 spiro atoms. The average Bonchev–Trinajstić information content (AvgIpc) is 2.75. The Morgan fingerprint density at radius 1 is 1.22 bits per heavy atom. The number of aliphatic imine (C=N–C) groups is 1. The molecule has 1 aromatic heterocycles. The van der Waals surface area contributed by atoms with Gasteiger partial charge in [0.2, 0.25) is 0 Å². The van der Waals surface area contributed by atoms with Gasteiger partial charge >= 0.3 is 0 Å². The molecule has 0 aliphatic heterocycles. The Morgan fingerprint density at radius 2 is 1.97 bits per heavy atom. The third-order valence-electron chi connectivity index (χ3n) is 5.90. The van der Waals surface area contributed by atoms with Gasteiger partial charge in [-0.2, -0.15) is 0 Å². The Labute approximate surface area is 193 Å². The van der Waals surface area contributed by atoms with Gasteiger partial charge in [0.15, 0.2) is 0 Å². The number of nitrogens with one attached hydrogen (secondary N) is 1. The first-order valence-electron chi connectivity index (χ1n) is 11.3. The molecule has 1 aromatic carbocycles. The van der Waals surface area contributed by atoms with Gasteiger partial charge in [-0.1, -0.05) is 43.9 Å². The van der Waals surface area contributed by atoms with Crippen molar-refractivity contribution in [3.63, 3.8) is 0 Å². The minimum atomic E-state index is 0.477. The van der Waals surface area contributed by atoms with Gasteiger partial charge in [-0.15, -0.1) is 0 Å². The average molecular weight is 429 g/mol. The van der Waals surface area contributed by atoms with Crippen molar-refractivity contribution in [3.05, 3.63) is 72.0 Å². The highest BCUT2D eigenvalue weighted by Crippen LogP contribution is 2.34. The second-order valence-electron chi connectivity index (χ2n) is 8.93. The Hall–Kier alpha value is -3.14. The van der Waals surface area contributed by atoms with E-state index in [1.54, 1.807) is 0 Å². The largest absolute Gasteiger partial charge is 0.383 e. The van der Waals surface area contributed by atoms with Crippen molar-refractivity contribution in [1.29, 1.82) is 0 Å². The number of rotatable bonds is 8. The molecule has 0 radical (unpaired) electrons. The lowest BCUT2D eigenvalue weighted by Crippen LogP contribution is -2.34. The molecule has 4 nitrogen and oxygen atoms in total. The van der Waals surface area contributed by atoms with Crippen molar-refractivity contribution in [3.8, 4) is 11.3 Å². The van der Waals surface area contributed by atoms with Crippen molar-refractivity contribution in [2.45, 2.75) is 39.7 Å². The number of aromatic nitrogens is 1. The zero-order chi connectivity index (χ0) is 23.3. The van der Waals surface area contributed by atoms with Crippen molar-refractivity contribution >= 4 is 23.2 Å². The van der Waals surface area contributed by atoms with Crippen molar-refractivity contribution in [2.24, 2.45) is 10.9 Å². The summed E-state index contributed by atoms with van der Waals surface area (Å²) in [6.07, 6.45) is 10.4. The summed E-state index contributed by atoms with van der Waals surface area (Å²) in [4.78, 5) is 11.5. The van der Waals surface area contributed by atoms with Crippen molar-refractivity contribution < 1.29 is 0 Å². The first-order chi connectivity index (χ1) is 15.4. The second kappa shape index (κ2) is 10.4. The maximum absolute atomic E-state index is 5.16. The molecule has 3 rings (SSSR count). The van der Waals surface area contributed by atoms with E-state index in [1.807, 2.05) is 45.3 Å². The molecule has 0 atom stereocenters. The molecule has 0 saturated heterocycles. The Kier molecular flexibility index (Phi) is 7.68. The predicted molar refractivity (Wildman–Crippen MR) is 140 cm³/mol. The summed E-state index contributed by atoms with van der Waals surface area (Å²) in [5, 5.41) is 3.71. The fraction of sp³-hybridized carbons (Fsp3) is 0.357. The second-order valence-corrected chi connectivity index (χ2v) is 8.93. The predicted octanol–water partition coefficient (Wildman–Crippen LogP) is 6.46. The van der Waals surface area contributed by atoms with E-state index < -0.39 is 0 Å². The molecule has 0 amide bonds. The maximum atomic E-state index is 5.16. The van der Waals surface area contributed by atoms with E-state index in [0.717, 1.165) is 50.8 Å². The summed E-state index contributed by atoms with van der Waals surface area (Å²) in [6, 6.07) is 11.3. The molecule has 1 N–H and O–H groups in total. The van der Waals surface area contributed by atoms with E-state index in [2.05, 4.69) is 73.3 Å². The van der Waals surface area contributed by atoms with Gasteiger partial charge in [0.1, 0.15) is 5.82 Å². The molecule has 1 aliphatic carbocycles. The Morgan fingerprint density at radius 3 is 2.56 bits per heavy atom. The van der Waals surface area contributed by atoms with E-state index in [-0.39, 0.29) is 0 Å². The van der Waals surface area contributed by atoms with Crippen LogP contribution in [0.1, 0.15) is 43.4 Å². The summed E-state index contributed by atoms with van der Waals surface area (Å²) in [7, 11) is 5.85. The van der Waals surface area contributed by atoms with Crippen molar-refractivity contribution in [2.75, 3.05) is 26.5 Å². The monoisotopic (exact) mass is 428 g/mol. The van der Waals surface area contributed by atoms with Crippen LogP contribution in [0.2, 0.25) is 0 Å². The van der Waals surface area contributed by atoms with E-state index in [1.165, 1.54) is 12.8 Å².